The van der Waals surface area contributed by atoms with Crippen molar-refractivity contribution in [2.45, 2.75) is 65.0 Å². The predicted octanol–water partition coefficient (Wildman–Crippen LogP) is 2.29. The quantitative estimate of drug-likeness (QED) is 0.743. The Labute approximate surface area is 121 Å². The van der Waals surface area contributed by atoms with Crippen LogP contribution in [-0.2, 0) is 14.3 Å². The van der Waals surface area contributed by atoms with Gasteiger partial charge >= 0.3 is 5.97 Å². The molecule has 0 spiro atoms. The van der Waals surface area contributed by atoms with Crippen molar-refractivity contribution >= 4 is 11.9 Å². The molecule has 0 aromatic heterocycles. The van der Waals surface area contributed by atoms with Crippen LogP contribution in [0.3, 0.4) is 0 Å². The van der Waals surface area contributed by atoms with Gasteiger partial charge in [-0.25, -0.2) is 0 Å². The van der Waals surface area contributed by atoms with E-state index in [1.54, 1.807) is 4.90 Å². The number of hydrogen-bond donors (Lipinski definition) is 1. The van der Waals surface area contributed by atoms with Gasteiger partial charge in [0.05, 0.1) is 25.6 Å². The molecule has 1 aliphatic heterocycles. The van der Waals surface area contributed by atoms with Gasteiger partial charge in [-0.15, -0.1) is 0 Å². The second-order valence-corrected chi connectivity index (χ2v) is 6.04. The van der Waals surface area contributed by atoms with Gasteiger partial charge in [-0.2, -0.15) is 0 Å². The second kappa shape index (κ2) is 8.25. The summed E-state index contributed by atoms with van der Waals surface area (Å²) in [4.78, 5) is 24.6. The Morgan fingerprint density at radius 1 is 1.35 bits per heavy atom. The summed E-state index contributed by atoms with van der Waals surface area (Å²) in [5.74, 6) is -0.235. The minimum Gasteiger partial charge on any atom is -0.481 e. The third-order valence-electron chi connectivity index (χ3n) is 3.63. The van der Waals surface area contributed by atoms with Gasteiger partial charge in [0.15, 0.2) is 0 Å². The number of carbonyl (C=O) groups is 2. The van der Waals surface area contributed by atoms with Gasteiger partial charge < -0.3 is 14.7 Å². The highest BCUT2D eigenvalue weighted by molar-refractivity contribution is 5.78. The molecule has 0 aromatic carbocycles. The zero-order valence-corrected chi connectivity index (χ0v) is 12.8. The number of carboxylic acids is 1. The van der Waals surface area contributed by atoms with Crippen LogP contribution in [0.5, 0.6) is 0 Å². The summed E-state index contributed by atoms with van der Waals surface area (Å²) in [5, 5.41) is 8.84. The number of ether oxygens (including phenoxy) is 1. The monoisotopic (exact) mass is 285 g/mol. The fourth-order valence-corrected chi connectivity index (χ4v) is 2.80. The lowest BCUT2D eigenvalue weighted by atomic mass is 10.1. The lowest BCUT2D eigenvalue weighted by molar-refractivity contribution is -0.140. The van der Waals surface area contributed by atoms with E-state index in [-0.39, 0.29) is 24.5 Å². The number of carbonyl (C=O) groups excluding carboxylic acids is 1. The van der Waals surface area contributed by atoms with Crippen molar-refractivity contribution in [3.63, 3.8) is 0 Å². The number of rotatable bonds is 8. The molecule has 1 N–H and O–H groups in total. The molecule has 116 valence electrons. The van der Waals surface area contributed by atoms with Crippen LogP contribution in [0.2, 0.25) is 0 Å². The van der Waals surface area contributed by atoms with Crippen LogP contribution < -0.4 is 0 Å². The smallest absolute Gasteiger partial charge is 0.305 e. The van der Waals surface area contributed by atoms with Gasteiger partial charge in [0, 0.05) is 12.6 Å². The van der Waals surface area contributed by atoms with Crippen LogP contribution in [0, 0.1) is 5.92 Å². The van der Waals surface area contributed by atoms with Gasteiger partial charge in [-0.1, -0.05) is 13.8 Å². The molecule has 2 unspecified atom stereocenters. The SMILES string of the molecule is CC(C)CC(C)OCCC(=O)N1CCCC1CC(=O)O. The van der Waals surface area contributed by atoms with Crippen LogP contribution >= 0.6 is 0 Å². The summed E-state index contributed by atoms with van der Waals surface area (Å²) in [6.07, 6.45) is 3.24. The molecular formula is C15H27NO4. The molecule has 0 radical (unpaired) electrons. The van der Waals surface area contributed by atoms with E-state index in [0.717, 1.165) is 19.3 Å². The first-order valence-electron chi connectivity index (χ1n) is 7.53. The zero-order chi connectivity index (χ0) is 15.1. The Morgan fingerprint density at radius 2 is 2.05 bits per heavy atom. The van der Waals surface area contributed by atoms with E-state index in [1.807, 2.05) is 6.92 Å². The Balaban J connectivity index is 2.29. The first kappa shape index (κ1) is 17.0. The highest BCUT2D eigenvalue weighted by Crippen LogP contribution is 2.21. The first-order valence-corrected chi connectivity index (χ1v) is 7.53. The number of amides is 1. The largest absolute Gasteiger partial charge is 0.481 e. The molecule has 20 heavy (non-hydrogen) atoms. The van der Waals surface area contributed by atoms with Crippen molar-refractivity contribution in [1.29, 1.82) is 0 Å². The summed E-state index contributed by atoms with van der Waals surface area (Å²) in [5.41, 5.74) is 0. The molecule has 1 saturated heterocycles. The molecule has 2 atom stereocenters. The lowest BCUT2D eigenvalue weighted by Gasteiger charge is -2.24. The van der Waals surface area contributed by atoms with Gasteiger partial charge in [-0.3, -0.25) is 9.59 Å². The Bertz CT molecular complexity index is 330. The molecule has 0 aliphatic carbocycles. The highest BCUT2D eigenvalue weighted by atomic mass is 16.5. The van der Waals surface area contributed by atoms with Crippen molar-refractivity contribution in [1.82, 2.24) is 4.90 Å². The number of likely N-dealkylation sites (tertiary alicyclic amines) is 1. The average Bonchev–Trinajstić information content (AvgIpc) is 2.74. The summed E-state index contributed by atoms with van der Waals surface area (Å²) in [7, 11) is 0. The molecule has 0 aromatic rings. The topological polar surface area (TPSA) is 66.8 Å². The van der Waals surface area contributed by atoms with E-state index >= 15 is 0 Å². The summed E-state index contributed by atoms with van der Waals surface area (Å²) >= 11 is 0. The molecule has 1 fully saturated rings. The highest BCUT2D eigenvalue weighted by Gasteiger charge is 2.29. The Morgan fingerprint density at radius 3 is 2.65 bits per heavy atom. The molecule has 0 saturated carbocycles. The van der Waals surface area contributed by atoms with Gasteiger partial charge in [0.1, 0.15) is 0 Å². The van der Waals surface area contributed by atoms with E-state index in [1.165, 1.54) is 0 Å². The van der Waals surface area contributed by atoms with Gasteiger partial charge in [-0.05, 0) is 32.1 Å². The fraction of sp³-hybridized carbons (Fsp3) is 0.867. The summed E-state index contributed by atoms with van der Waals surface area (Å²) < 4.78 is 5.64. The number of carboxylic acid groups (broad SMARTS) is 1. The van der Waals surface area contributed by atoms with Crippen molar-refractivity contribution in [3.8, 4) is 0 Å². The van der Waals surface area contributed by atoms with Crippen molar-refractivity contribution < 1.29 is 19.4 Å². The molecule has 5 heteroatoms. The van der Waals surface area contributed by atoms with Crippen molar-refractivity contribution in [2.24, 2.45) is 5.92 Å². The maximum atomic E-state index is 12.1. The molecule has 1 rings (SSSR count). The molecule has 0 bridgehead atoms. The van der Waals surface area contributed by atoms with Crippen LogP contribution in [0.4, 0.5) is 0 Å². The molecule has 1 aliphatic rings. The standard InChI is InChI=1S/C15H27NO4/c1-11(2)9-12(3)20-8-6-14(17)16-7-4-5-13(16)10-15(18)19/h11-13H,4-10H2,1-3H3,(H,18,19). The van der Waals surface area contributed by atoms with Crippen molar-refractivity contribution in [3.05, 3.63) is 0 Å². The molecule has 1 amide bonds. The van der Waals surface area contributed by atoms with Crippen LogP contribution in [0.25, 0.3) is 0 Å². The predicted molar refractivity (Wildman–Crippen MR) is 76.5 cm³/mol. The molecular weight excluding hydrogens is 258 g/mol. The van der Waals surface area contributed by atoms with Crippen molar-refractivity contribution in [2.75, 3.05) is 13.2 Å². The minimum absolute atomic E-state index is 0.0190. The number of aliphatic carboxylic acids is 1. The third-order valence-corrected chi connectivity index (χ3v) is 3.63. The lowest BCUT2D eigenvalue weighted by Crippen LogP contribution is -2.37. The normalized spacial score (nSPS) is 20.4. The minimum atomic E-state index is -0.837. The fourth-order valence-electron chi connectivity index (χ4n) is 2.80. The van der Waals surface area contributed by atoms with E-state index in [4.69, 9.17) is 9.84 Å². The van der Waals surface area contributed by atoms with E-state index in [9.17, 15) is 9.59 Å². The molecule has 5 nitrogen and oxygen atoms in total. The average molecular weight is 285 g/mol. The van der Waals surface area contributed by atoms with E-state index in [2.05, 4.69) is 13.8 Å². The summed E-state index contributed by atoms with van der Waals surface area (Å²) in [6.45, 7) is 7.41. The van der Waals surface area contributed by atoms with Crippen LogP contribution in [0.15, 0.2) is 0 Å². The first-order chi connectivity index (χ1) is 9.40. The van der Waals surface area contributed by atoms with E-state index < -0.39 is 5.97 Å². The zero-order valence-electron chi connectivity index (χ0n) is 12.8. The van der Waals surface area contributed by atoms with Crippen LogP contribution in [0.1, 0.15) is 52.9 Å². The third kappa shape index (κ3) is 5.90. The maximum Gasteiger partial charge on any atom is 0.305 e. The van der Waals surface area contributed by atoms with Crippen LogP contribution in [-0.4, -0.2) is 47.2 Å². The Hall–Kier alpha value is -1.10. The Kier molecular flexibility index (Phi) is 6.99. The van der Waals surface area contributed by atoms with Gasteiger partial charge in [0.2, 0.25) is 5.91 Å². The second-order valence-electron chi connectivity index (χ2n) is 6.04. The molecule has 1 heterocycles. The van der Waals surface area contributed by atoms with Gasteiger partial charge in [0.25, 0.3) is 0 Å². The summed E-state index contributed by atoms with van der Waals surface area (Å²) in [6, 6.07) is -0.131. The maximum absolute atomic E-state index is 12.1. The number of nitrogens with zero attached hydrogens (tertiary/aromatic N) is 1. The number of hydrogen-bond acceptors (Lipinski definition) is 3. The van der Waals surface area contributed by atoms with E-state index in [0.29, 0.717) is 25.5 Å².